The minimum Gasteiger partial charge on any atom is -0.326 e. The highest BCUT2D eigenvalue weighted by Gasteiger charge is 2.29. The minimum absolute atomic E-state index is 0.0142. The van der Waals surface area contributed by atoms with Gasteiger partial charge in [-0.1, -0.05) is 23.2 Å². The standard InChI is InChI=1S/C11H14Cl2N2O2S/c12-8-3-4-9(13)11(5-8)18(16,17)15-6-10(14)7-1-2-7/h3-5,7,10,15H,1-2,6,14H2. The van der Waals surface area contributed by atoms with Gasteiger partial charge in [0.2, 0.25) is 10.0 Å². The molecule has 1 atom stereocenters. The van der Waals surface area contributed by atoms with Crippen molar-refractivity contribution in [1.82, 2.24) is 4.72 Å². The Hall–Kier alpha value is -0.330. The van der Waals surface area contributed by atoms with Crippen LogP contribution in [0.15, 0.2) is 23.1 Å². The highest BCUT2D eigenvalue weighted by molar-refractivity contribution is 7.89. The highest BCUT2D eigenvalue weighted by atomic mass is 35.5. The van der Waals surface area contributed by atoms with E-state index in [0.717, 1.165) is 12.8 Å². The van der Waals surface area contributed by atoms with E-state index < -0.39 is 10.0 Å². The molecule has 0 saturated heterocycles. The van der Waals surface area contributed by atoms with Crippen molar-refractivity contribution < 1.29 is 8.42 Å². The molecule has 7 heteroatoms. The van der Waals surface area contributed by atoms with Crippen LogP contribution < -0.4 is 10.5 Å². The van der Waals surface area contributed by atoms with Crippen LogP contribution in [0.25, 0.3) is 0 Å². The van der Waals surface area contributed by atoms with E-state index in [2.05, 4.69) is 4.72 Å². The van der Waals surface area contributed by atoms with Crippen LogP contribution in [0.2, 0.25) is 10.0 Å². The molecule has 1 aliphatic carbocycles. The van der Waals surface area contributed by atoms with Crippen molar-refractivity contribution in [3.63, 3.8) is 0 Å². The van der Waals surface area contributed by atoms with Crippen LogP contribution >= 0.6 is 23.2 Å². The van der Waals surface area contributed by atoms with Gasteiger partial charge in [-0.2, -0.15) is 0 Å². The van der Waals surface area contributed by atoms with Crippen molar-refractivity contribution in [3.8, 4) is 0 Å². The molecule has 2 rings (SSSR count). The number of sulfonamides is 1. The zero-order chi connectivity index (χ0) is 13.3. The average Bonchev–Trinajstić information content (AvgIpc) is 3.13. The molecular weight excluding hydrogens is 295 g/mol. The summed E-state index contributed by atoms with van der Waals surface area (Å²) in [5.41, 5.74) is 5.85. The molecule has 3 N–H and O–H groups in total. The number of rotatable bonds is 5. The monoisotopic (exact) mass is 308 g/mol. The van der Waals surface area contributed by atoms with E-state index in [0.29, 0.717) is 10.9 Å². The van der Waals surface area contributed by atoms with E-state index >= 15 is 0 Å². The van der Waals surface area contributed by atoms with Crippen LogP contribution in [0, 0.1) is 5.92 Å². The van der Waals surface area contributed by atoms with Crippen molar-refractivity contribution in [2.75, 3.05) is 6.54 Å². The molecule has 4 nitrogen and oxygen atoms in total. The molecule has 1 aliphatic rings. The van der Waals surface area contributed by atoms with Gasteiger partial charge in [0.25, 0.3) is 0 Å². The van der Waals surface area contributed by atoms with Crippen LogP contribution in [-0.4, -0.2) is 21.0 Å². The normalized spacial score (nSPS) is 17.7. The maximum absolute atomic E-state index is 12.0. The summed E-state index contributed by atoms with van der Waals surface area (Å²) in [5, 5.41) is 0.471. The molecule has 0 radical (unpaired) electrons. The van der Waals surface area contributed by atoms with E-state index in [4.69, 9.17) is 28.9 Å². The fourth-order valence-corrected chi connectivity index (χ4v) is 3.49. The quantitative estimate of drug-likeness (QED) is 0.874. The van der Waals surface area contributed by atoms with Gasteiger partial charge < -0.3 is 5.73 Å². The van der Waals surface area contributed by atoms with Crippen molar-refractivity contribution in [3.05, 3.63) is 28.2 Å². The first-order valence-electron chi connectivity index (χ1n) is 5.60. The molecular formula is C11H14Cl2N2O2S. The van der Waals surface area contributed by atoms with Gasteiger partial charge in [-0.05, 0) is 37.0 Å². The Morgan fingerprint density at radius 1 is 1.39 bits per heavy atom. The third kappa shape index (κ3) is 3.36. The van der Waals surface area contributed by atoms with Gasteiger partial charge in [0, 0.05) is 17.6 Å². The van der Waals surface area contributed by atoms with Gasteiger partial charge in [0.15, 0.2) is 0 Å². The molecule has 0 bridgehead atoms. The predicted molar refractivity (Wildman–Crippen MR) is 72.3 cm³/mol. The van der Waals surface area contributed by atoms with Crippen LogP contribution in [0.5, 0.6) is 0 Å². The molecule has 0 amide bonds. The summed E-state index contributed by atoms with van der Waals surface area (Å²) in [6.07, 6.45) is 2.14. The smallest absolute Gasteiger partial charge is 0.242 e. The van der Waals surface area contributed by atoms with E-state index in [1.165, 1.54) is 12.1 Å². The maximum atomic E-state index is 12.0. The first-order chi connectivity index (χ1) is 8.40. The Balaban J connectivity index is 2.11. The summed E-state index contributed by atoms with van der Waals surface area (Å²) in [7, 11) is -3.66. The second kappa shape index (κ2) is 5.35. The highest BCUT2D eigenvalue weighted by Crippen LogP contribution is 2.31. The third-order valence-electron chi connectivity index (χ3n) is 2.92. The number of hydrogen-bond donors (Lipinski definition) is 2. The van der Waals surface area contributed by atoms with Gasteiger partial charge in [0.05, 0.1) is 5.02 Å². The molecule has 0 aliphatic heterocycles. The van der Waals surface area contributed by atoms with Crippen LogP contribution in [-0.2, 0) is 10.0 Å². The lowest BCUT2D eigenvalue weighted by molar-refractivity contribution is 0.548. The molecule has 100 valence electrons. The molecule has 1 aromatic rings. The Bertz CT molecular complexity index is 544. The molecule has 0 aromatic heterocycles. The number of halogens is 2. The van der Waals surface area contributed by atoms with Crippen LogP contribution in [0.1, 0.15) is 12.8 Å². The van der Waals surface area contributed by atoms with Gasteiger partial charge in [-0.3, -0.25) is 0 Å². The number of nitrogens with one attached hydrogen (secondary N) is 1. The van der Waals surface area contributed by atoms with Crippen molar-refractivity contribution >= 4 is 33.2 Å². The topological polar surface area (TPSA) is 72.2 Å². The molecule has 18 heavy (non-hydrogen) atoms. The zero-order valence-corrected chi connectivity index (χ0v) is 11.9. The predicted octanol–water partition coefficient (Wildman–Crippen LogP) is 2.01. The van der Waals surface area contributed by atoms with E-state index in [-0.39, 0.29) is 22.5 Å². The summed E-state index contributed by atoms with van der Waals surface area (Å²) in [5.74, 6) is 0.433. The minimum atomic E-state index is -3.66. The Morgan fingerprint density at radius 3 is 2.67 bits per heavy atom. The molecule has 1 aromatic carbocycles. The summed E-state index contributed by atoms with van der Waals surface area (Å²) in [6.45, 7) is 0.218. The molecule has 1 unspecified atom stereocenters. The SMILES string of the molecule is NC(CNS(=O)(=O)c1cc(Cl)ccc1Cl)C1CC1. The van der Waals surface area contributed by atoms with Crippen LogP contribution in [0.3, 0.4) is 0 Å². The van der Waals surface area contributed by atoms with Gasteiger partial charge in [-0.15, -0.1) is 0 Å². The second-order valence-electron chi connectivity index (χ2n) is 4.43. The Kier molecular flexibility index (Phi) is 4.18. The van der Waals surface area contributed by atoms with Crippen molar-refractivity contribution in [2.45, 2.75) is 23.8 Å². The molecule has 1 fully saturated rings. The van der Waals surface area contributed by atoms with Crippen molar-refractivity contribution in [2.24, 2.45) is 11.7 Å². The zero-order valence-electron chi connectivity index (χ0n) is 9.57. The van der Waals surface area contributed by atoms with E-state index in [9.17, 15) is 8.42 Å². The summed E-state index contributed by atoms with van der Waals surface area (Å²) in [4.78, 5) is -0.0142. The van der Waals surface area contributed by atoms with E-state index in [1.807, 2.05) is 0 Å². The van der Waals surface area contributed by atoms with Gasteiger partial charge in [-0.25, -0.2) is 13.1 Å². The lowest BCUT2D eigenvalue weighted by Gasteiger charge is -2.13. The van der Waals surface area contributed by atoms with Crippen molar-refractivity contribution in [1.29, 1.82) is 0 Å². The number of hydrogen-bond acceptors (Lipinski definition) is 3. The summed E-state index contributed by atoms with van der Waals surface area (Å²) < 4.78 is 26.6. The van der Waals surface area contributed by atoms with E-state index in [1.54, 1.807) is 6.07 Å². The summed E-state index contributed by atoms with van der Waals surface area (Å²) in [6, 6.07) is 4.19. The van der Waals surface area contributed by atoms with Gasteiger partial charge >= 0.3 is 0 Å². The number of nitrogens with two attached hydrogens (primary N) is 1. The molecule has 0 heterocycles. The Morgan fingerprint density at radius 2 is 2.06 bits per heavy atom. The van der Waals surface area contributed by atoms with Crippen LogP contribution in [0.4, 0.5) is 0 Å². The third-order valence-corrected chi connectivity index (χ3v) is 5.06. The maximum Gasteiger partial charge on any atom is 0.242 e. The summed E-state index contributed by atoms with van der Waals surface area (Å²) >= 11 is 11.6. The second-order valence-corrected chi connectivity index (χ2v) is 7.01. The lowest BCUT2D eigenvalue weighted by Crippen LogP contribution is -2.38. The first-order valence-corrected chi connectivity index (χ1v) is 7.84. The fraction of sp³-hybridized carbons (Fsp3) is 0.455. The molecule has 0 spiro atoms. The first kappa shape index (κ1) is 14.1. The number of benzene rings is 1. The van der Waals surface area contributed by atoms with Gasteiger partial charge in [0.1, 0.15) is 4.90 Å². The fourth-order valence-electron chi connectivity index (χ4n) is 1.66. The lowest BCUT2D eigenvalue weighted by atomic mass is 10.2. The average molecular weight is 309 g/mol. The Labute approximate surface area is 117 Å². The molecule has 1 saturated carbocycles. The largest absolute Gasteiger partial charge is 0.326 e.